The van der Waals surface area contributed by atoms with Gasteiger partial charge in [0.1, 0.15) is 5.82 Å². The Labute approximate surface area is 149 Å². The molecule has 3 aromatic heterocycles. The lowest BCUT2D eigenvalue weighted by atomic mass is 10.1. The first kappa shape index (κ1) is 15.5. The van der Waals surface area contributed by atoms with E-state index < -0.39 is 0 Å². The number of carbonyl (C=O) groups is 1. The van der Waals surface area contributed by atoms with Crippen molar-refractivity contribution in [2.75, 3.05) is 5.32 Å². The summed E-state index contributed by atoms with van der Waals surface area (Å²) in [7, 11) is 0. The molecule has 0 bridgehead atoms. The van der Waals surface area contributed by atoms with Gasteiger partial charge in [-0.3, -0.25) is 4.79 Å². The number of rotatable bonds is 3. The van der Waals surface area contributed by atoms with E-state index in [0.29, 0.717) is 11.4 Å². The maximum Gasteiger partial charge on any atom is 0.257 e. The number of nitrogens with one attached hydrogen (secondary N) is 1. The number of aromatic nitrogens is 2. The minimum absolute atomic E-state index is 0.186. The van der Waals surface area contributed by atoms with Crippen LogP contribution < -0.4 is 5.32 Å². The highest BCUT2D eigenvalue weighted by atomic mass is 32.1. The molecule has 4 rings (SSSR count). The van der Waals surface area contributed by atoms with E-state index in [2.05, 4.69) is 10.3 Å². The van der Waals surface area contributed by atoms with Crippen molar-refractivity contribution in [2.45, 2.75) is 6.92 Å². The second-order valence-corrected chi connectivity index (χ2v) is 6.62. The molecule has 4 nitrogen and oxygen atoms in total. The second-order valence-electron chi connectivity index (χ2n) is 5.67. The highest BCUT2D eigenvalue weighted by Crippen LogP contribution is 2.28. The smallest absolute Gasteiger partial charge is 0.257 e. The van der Waals surface area contributed by atoms with Gasteiger partial charge in [-0.1, -0.05) is 30.3 Å². The molecule has 0 saturated carbocycles. The zero-order valence-corrected chi connectivity index (χ0v) is 14.4. The number of amides is 1. The third kappa shape index (κ3) is 3.14. The topological polar surface area (TPSA) is 54.9 Å². The predicted molar refractivity (Wildman–Crippen MR) is 102 cm³/mol. The van der Waals surface area contributed by atoms with Crippen molar-refractivity contribution < 1.29 is 4.79 Å². The second kappa shape index (κ2) is 6.45. The van der Waals surface area contributed by atoms with Crippen LogP contribution in [0.2, 0.25) is 0 Å². The van der Waals surface area contributed by atoms with Crippen molar-refractivity contribution in [1.29, 1.82) is 0 Å². The molecule has 1 aromatic carbocycles. The summed E-state index contributed by atoms with van der Waals surface area (Å²) in [5.74, 6) is 0.359. The van der Waals surface area contributed by atoms with Gasteiger partial charge in [0, 0.05) is 11.1 Å². The minimum Gasteiger partial charge on any atom is -0.307 e. The van der Waals surface area contributed by atoms with Gasteiger partial charge >= 0.3 is 0 Å². The molecule has 5 heteroatoms. The zero-order chi connectivity index (χ0) is 17.2. The van der Waals surface area contributed by atoms with Crippen molar-refractivity contribution in [1.82, 2.24) is 9.97 Å². The molecular weight excluding hydrogens is 330 g/mol. The number of nitrogens with zero attached hydrogens (tertiary/aromatic N) is 2. The number of hydrogen-bond acceptors (Lipinski definition) is 4. The summed E-state index contributed by atoms with van der Waals surface area (Å²) < 4.78 is 0. The van der Waals surface area contributed by atoms with Gasteiger partial charge in [-0.05, 0) is 42.6 Å². The Balaban J connectivity index is 1.80. The highest BCUT2D eigenvalue weighted by Gasteiger charge is 2.15. The standard InChI is InChI=1S/C20H15N3OS/c1-13-6-4-10-19(21-13)23-20(24)15-12-17(18-9-5-11-25-18)22-16-8-3-2-7-14(15)16/h2-12H,1H3,(H,21,23,24). The maximum atomic E-state index is 12.9. The first-order valence-electron chi connectivity index (χ1n) is 7.89. The molecular formula is C20H15N3OS. The molecule has 0 saturated heterocycles. The lowest BCUT2D eigenvalue weighted by Gasteiger charge is -2.10. The average molecular weight is 345 g/mol. The first-order valence-corrected chi connectivity index (χ1v) is 8.77. The average Bonchev–Trinajstić information content (AvgIpc) is 3.15. The van der Waals surface area contributed by atoms with E-state index >= 15 is 0 Å². The quantitative estimate of drug-likeness (QED) is 0.573. The van der Waals surface area contributed by atoms with E-state index in [-0.39, 0.29) is 5.91 Å². The number of aryl methyl sites for hydroxylation is 1. The van der Waals surface area contributed by atoms with Crippen molar-refractivity contribution >= 4 is 34.0 Å². The summed E-state index contributed by atoms with van der Waals surface area (Å²) in [5.41, 5.74) is 3.06. The number of pyridine rings is 2. The van der Waals surface area contributed by atoms with Crippen LogP contribution in [0.4, 0.5) is 5.82 Å². The van der Waals surface area contributed by atoms with Gasteiger partial charge in [-0.2, -0.15) is 0 Å². The molecule has 122 valence electrons. The van der Waals surface area contributed by atoms with Crippen LogP contribution in [0.5, 0.6) is 0 Å². The molecule has 4 aromatic rings. The van der Waals surface area contributed by atoms with E-state index in [4.69, 9.17) is 4.98 Å². The van der Waals surface area contributed by atoms with Crippen LogP contribution in [0.1, 0.15) is 16.1 Å². The lowest BCUT2D eigenvalue weighted by Crippen LogP contribution is -2.14. The van der Waals surface area contributed by atoms with Crippen LogP contribution in [-0.4, -0.2) is 15.9 Å². The van der Waals surface area contributed by atoms with Gasteiger partial charge in [-0.25, -0.2) is 9.97 Å². The minimum atomic E-state index is -0.186. The van der Waals surface area contributed by atoms with Crippen LogP contribution in [0.3, 0.4) is 0 Å². The number of anilines is 1. The summed E-state index contributed by atoms with van der Waals surface area (Å²) in [6.07, 6.45) is 0. The van der Waals surface area contributed by atoms with Crippen molar-refractivity contribution in [2.24, 2.45) is 0 Å². The van der Waals surface area contributed by atoms with Gasteiger partial charge in [0.25, 0.3) is 5.91 Å². The number of carbonyl (C=O) groups excluding carboxylic acids is 1. The molecule has 0 atom stereocenters. The number of hydrogen-bond donors (Lipinski definition) is 1. The Bertz CT molecular complexity index is 1060. The number of thiophene rings is 1. The van der Waals surface area contributed by atoms with Crippen molar-refractivity contribution in [3.63, 3.8) is 0 Å². The fourth-order valence-electron chi connectivity index (χ4n) is 2.71. The Kier molecular flexibility index (Phi) is 3.99. The summed E-state index contributed by atoms with van der Waals surface area (Å²) in [5, 5.41) is 5.72. The summed E-state index contributed by atoms with van der Waals surface area (Å²) in [6, 6.07) is 19.1. The van der Waals surface area contributed by atoms with E-state index in [0.717, 1.165) is 27.2 Å². The SMILES string of the molecule is Cc1cccc(NC(=O)c2cc(-c3cccs3)nc3ccccc23)n1. The lowest BCUT2D eigenvalue weighted by molar-refractivity contribution is 0.102. The monoisotopic (exact) mass is 345 g/mol. The highest BCUT2D eigenvalue weighted by molar-refractivity contribution is 7.13. The zero-order valence-electron chi connectivity index (χ0n) is 13.6. The van der Waals surface area contributed by atoms with Crippen molar-refractivity contribution in [3.8, 4) is 10.6 Å². The summed E-state index contributed by atoms with van der Waals surface area (Å²) in [6.45, 7) is 1.90. The fraction of sp³-hybridized carbons (Fsp3) is 0.0500. The first-order chi connectivity index (χ1) is 12.2. The molecule has 0 aliphatic rings. The largest absolute Gasteiger partial charge is 0.307 e. The van der Waals surface area contributed by atoms with E-state index in [1.54, 1.807) is 17.4 Å². The molecule has 0 radical (unpaired) electrons. The normalized spacial score (nSPS) is 10.8. The molecule has 0 spiro atoms. The molecule has 1 amide bonds. The molecule has 0 unspecified atom stereocenters. The van der Waals surface area contributed by atoms with Gasteiger partial charge in [0.2, 0.25) is 0 Å². The Morgan fingerprint density at radius 1 is 1.00 bits per heavy atom. The third-order valence-electron chi connectivity index (χ3n) is 3.86. The number of para-hydroxylation sites is 1. The van der Waals surface area contributed by atoms with Gasteiger partial charge in [0.15, 0.2) is 0 Å². The van der Waals surface area contributed by atoms with Gasteiger partial charge in [0.05, 0.1) is 21.7 Å². The number of benzene rings is 1. The fourth-order valence-corrected chi connectivity index (χ4v) is 3.40. The van der Waals surface area contributed by atoms with E-state index in [1.807, 2.05) is 66.9 Å². The Morgan fingerprint density at radius 2 is 1.88 bits per heavy atom. The van der Waals surface area contributed by atoms with Crippen LogP contribution >= 0.6 is 11.3 Å². The molecule has 0 aliphatic carbocycles. The van der Waals surface area contributed by atoms with Crippen molar-refractivity contribution in [3.05, 3.63) is 77.3 Å². The third-order valence-corrected chi connectivity index (χ3v) is 4.76. The van der Waals surface area contributed by atoms with E-state index in [9.17, 15) is 4.79 Å². The molecule has 0 aliphatic heterocycles. The predicted octanol–water partition coefficient (Wildman–Crippen LogP) is 4.92. The van der Waals surface area contributed by atoms with Gasteiger partial charge in [-0.15, -0.1) is 11.3 Å². The molecule has 1 N–H and O–H groups in total. The molecule has 3 heterocycles. The Morgan fingerprint density at radius 3 is 2.68 bits per heavy atom. The summed E-state index contributed by atoms with van der Waals surface area (Å²) in [4.78, 5) is 23.0. The van der Waals surface area contributed by atoms with E-state index in [1.165, 1.54) is 0 Å². The Hall–Kier alpha value is -3.05. The van der Waals surface area contributed by atoms with Crippen LogP contribution in [-0.2, 0) is 0 Å². The number of fused-ring (bicyclic) bond motifs is 1. The van der Waals surface area contributed by atoms with Crippen LogP contribution in [0.15, 0.2) is 66.0 Å². The molecule has 0 fully saturated rings. The summed E-state index contributed by atoms with van der Waals surface area (Å²) >= 11 is 1.60. The van der Waals surface area contributed by atoms with Crippen LogP contribution in [0, 0.1) is 6.92 Å². The molecule has 25 heavy (non-hydrogen) atoms. The van der Waals surface area contributed by atoms with Gasteiger partial charge < -0.3 is 5.32 Å². The van der Waals surface area contributed by atoms with Crippen LogP contribution in [0.25, 0.3) is 21.5 Å². The maximum absolute atomic E-state index is 12.9.